The first-order valence-electron chi connectivity index (χ1n) is 8.13. The highest BCUT2D eigenvalue weighted by Crippen LogP contribution is 2.22. The monoisotopic (exact) mass is 319 g/mol. The molecule has 2 rings (SSSR count). The average Bonchev–Trinajstić information content (AvgIpc) is 3.23. The summed E-state index contributed by atoms with van der Waals surface area (Å²) < 4.78 is 10.2. The first kappa shape index (κ1) is 17.1. The molecule has 7 nitrogen and oxygen atoms in total. The van der Waals surface area contributed by atoms with Gasteiger partial charge in [-0.05, 0) is 19.8 Å². The lowest BCUT2D eigenvalue weighted by molar-refractivity contribution is 0.368. The minimum atomic E-state index is 0.460. The van der Waals surface area contributed by atoms with Crippen LogP contribution in [-0.4, -0.2) is 22.8 Å². The predicted molar refractivity (Wildman–Crippen MR) is 88.0 cm³/mol. The SMILES string of the molecule is CCNC(=NCc1ccon1)NCc1cc(C(CC)CC)no1. The summed E-state index contributed by atoms with van der Waals surface area (Å²) in [6.07, 6.45) is 3.68. The number of hydrogen-bond acceptors (Lipinski definition) is 5. The van der Waals surface area contributed by atoms with Crippen LogP contribution in [0.5, 0.6) is 0 Å². The Kier molecular flexibility index (Phi) is 6.65. The highest BCUT2D eigenvalue weighted by atomic mass is 16.5. The van der Waals surface area contributed by atoms with Gasteiger partial charge in [0.15, 0.2) is 11.7 Å². The van der Waals surface area contributed by atoms with Crippen LogP contribution in [0.1, 0.15) is 56.7 Å². The summed E-state index contributed by atoms with van der Waals surface area (Å²) in [5, 5.41) is 14.4. The molecule has 7 heteroatoms. The molecular formula is C16H25N5O2. The first-order valence-corrected chi connectivity index (χ1v) is 8.13. The van der Waals surface area contributed by atoms with E-state index < -0.39 is 0 Å². The standard InChI is InChI=1S/C16H25N5O2/c1-4-12(5-2)15-9-14(23-21-15)11-19-16(17-6-3)18-10-13-7-8-22-20-13/h7-9,12H,4-6,10-11H2,1-3H3,(H2,17,18,19). The van der Waals surface area contributed by atoms with Crippen molar-refractivity contribution in [1.82, 2.24) is 20.9 Å². The van der Waals surface area contributed by atoms with Crippen LogP contribution in [-0.2, 0) is 13.1 Å². The van der Waals surface area contributed by atoms with Gasteiger partial charge in [0, 0.05) is 24.6 Å². The van der Waals surface area contributed by atoms with E-state index in [1.807, 2.05) is 13.0 Å². The molecule has 0 unspecified atom stereocenters. The van der Waals surface area contributed by atoms with Crippen LogP contribution in [0.3, 0.4) is 0 Å². The molecule has 0 aliphatic rings. The van der Waals surface area contributed by atoms with Crippen molar-refractivity contribution in [3.8, 4) is 0 Å². The molecule has 0 aromatic carbocycles. The van der Waals surface area contributed by atoms with Gasteiger partial charge in [0.05, 0.1) is 18.8 Å². The first-order chi connectivity index (χ1) is 11.3. The fourth-order valence-corrected chi connectivity index (χ4v) is 2.30. The van der Waals surface area contributed by atoms with Crippen molar-refractivity contribution in [3.63, 3.8) is 0 Å². The Morgan fingerprint density at radius 2 is 2.04 bits per heavy atom. The van der Waals surface area contributed by atoms with Crippen molar-refractivity contribution in [3.05, 3.63) is 35.5 Å². The third-order valence-electron chi connectivity index (χ3n) is 3.65. The summed E-state index contributed by atoms with van der Waals surface area (Å²) in [6.45, 7) is 8.13. The number of rotatable bonds is 8. The van der Waals surface area contributed by atoms with E-state index in [1.165, 1.54) is 0 Å². The molecule has 0 atom stereocenters. The molecule has 0 radical (unpaired) electrons. The Morgan fingerprint density at radius 1 is 1.22 bits per heavy atom. The molecule has 0 amide bonds. The number of guanidine groups is 1. The molecule has 126 valence electrons. The summed E-state index contributed by atoms with van der Waals surface area (Å²) in [5.41, 5.74) is 1.81. The third kappa shape index (κ3) is 5.12. The van der Waals surface area contributed by atoms with Crippen molar-refractivity contribution in [2.24, 2.45) is 4.99 Å². The van der Waals surface area contributed by atoms with Gasteiger partial charge in [-0.15, -0.1) is 0 Å². The molecule has 0 spiro atoms. The third-order valence-corrected chi connectivity index (χ3v) is 3.65. The minimum absolute atomic E-state index is 0.460. The van der Waals surface area contributed by atoms with Gasteiger partial charge in [-0.3, -0.25) is 0 Å². The maximum atomic E-state index is 5.41. The second-order valence-electron chi connectivity index (χ2n) is 5.27. The zero-order valence-electron chi connectivity index (χ0n) is 14.0. The number of aromatic nitrogens is 2. The summed E-state index contributed by atoms with van der Waals surface area (Å²) in [6, 6.07) is 3.82. The van der Waals surface area contributed by atoms with E-state index in [0.29, 0.717) is 25.0 Å². The van der Waals surface area contributed by atoms with Crippen molar-refractivity contribution in [2.75, 3.05) is 6.54 Å². The van der Waals surface area contributed by atoms with Crippen molar-refractivity contribution < 1.29 is 9.05 Å². The Hall–Kier alpha value is -2.31. The molecule has 23 heavy (non-hydrogen) atoms. The van der Waals surface area contributed by atoms with Gasteiger partial charge in [0.25, 0.3) is 0 Å². The lowest BCUT2D eigenvalue weighted by Crippen LogP contribution is -2.36. The Balaban J connectivity index is 1.92. The number of nitrogens with zero attached hydrogens (tertiary/aromatic N) is 3. The fourth-order valence-electron chi connectivity index (χ4n) is 2.30. The van der Waals surface area contributed by atoms with Gasteiger partial charge in [0.2, 0.25) is 0 Å². The van der Waals surface area contributed by atoms with Gasteiger partial charge in [-0.1, -0.05) is 24.2 Å². The highest BCUT2D eigenvalue weighted by molar-refractivity contribution is 5.79. The summed E-state index contributed by atoms with van der Waals surface area (Å²) >= 11 is 0. The lowest BCUT2D eigenvalue weighted by Gasteiger charge is -2.09. The molecule has 0 aliphatic heterocycles. The molecule has 2 aromatic heterocycles. The molecule has 0 fully saturated rings. The number of hydrogen-bond donors (Lipinski definition) is 2. The van der Waals surface area contributed by atoms with E-state index >= 15 is 0 Å². The molecule has 0 saturated carbocycles. The maximum Gasteiger partial charge on any atom is 0.192 e. The van der Waals surface area contributed by atoms with E-state index in [9.17, 15) is 0 Å². The van der Waals surface area contributed by atoms with Crippen LogP contribution in [0.4, 0.5) is 0 Å². The summed E-state index contributed by atoms with van der Waals surface area (Å²) in [4.78, 5) is 4.46. The van der Waals surface area contributed by atoms with E-state index in [2.05, 4.69) is 39.8 Å². The Bertz CT molecular complexity index is 587. The largest absolute Gasteiger partial charge is 0.364 e. The Morgan fingerprint density at radius 3 is 2.70 bits per heavy atom. The number of nitrogens with one attached hydrogen (secondary N) is 2. The lowest BCUT2D eigenvalue weighted by atomic mass is 9.99. The van der Waals surface area contributed by atoms with Gasteiger partial charge < -0.3 is 19.7 Å². The summed E-state index contributed by atoms with van der Waals surface area (Å²) in [5.74, 6) is 1.97. The van der Waals surface area contributed by atoms with Gasteiger partial charge in [-0.2, -0.15) is 0 Å². The van der Waals surface area contributed by atoms with Crippen molar-refractivity contribution >= 4 is 5.96 Å². The molecule has 0 saturated heterocycles. The van der Waals surface area contributed by atoms with Crippen LogP contribution < -0.4 is 10.6 Å². The maximum absolute atomic E-state index is 5.41. The molecule has 2 N–H and O–H groups in total. The van der Waals surface area contributed by atoms with Crippen LogP contribution in [0.15, 0.2) is 32.4 Å². The van der Waals surface area contributed by atoms with Crippen LogP contribution in [0.25, 0.3) is 0 Å². The second-order valence-corrected chi connectivity index (χ2v) is 5.27. The average molecular weight is 319 g/mol. The quantitative estimate of drug-likeness (QED) is 0.574. The topological polar surface area (TPSA) is 88.5 Å². The van der Waals surface area contributed by atoms with Crippen molar-refractivity contribution in [2.45, 2.75) is 52.6 Å². The highest BCUT2D eigenvalue weighted by Gasteiger charge is 2.13. The molecule has 2 heterocycles. The molecule has 0 bridgehead atoms. The normalized spacial score (nSPS) is 11.9. The van der Waals surface area contributed by atoms with Crippen molar-refractivity contribution in [1.29, 1.82) is 0 Å². The molecular weight excluding hydrogens is 294 g/mol. The zero-order chi connectivity index (χ0) is 16.5. The second kappa shape index (κ2) is 8.97. The Labute approximate surface area is 136 Å². The van der Waals surface area contributed by atoms with E-state index in [4.69, 9.17) is 9.05 Å². The van der Waals surface area contributed by atoms with Crippen LogP contribution in [0, 0.1) is 0 Å². The van der Waals surface area contributed by atoms with Gasteiger partial charge in [0.1, 0.15) is 12.0 Å². The fraction of sp³-hybridized carbons (Fsp3) is 0.562. The molecule has 0 aliphatic carbocycles. The number of aliphatic imine (C=N–C) groups is 1. The summed E-state index contributed by atoms with van der Waals surface area (Å²) in [7, 11) is 0. The van der Waals surface area contributed by atoms with E-state index in [0.717, 1.165) is 36.5 Å². The van der Waals surface area contributed by atoms with Crippen LogP contribution in [0.2, 0.25) is 0 Å². The van der Waals surface area contributed by atoms with Crippen LogP contribution >= 0.6 is 0 Å². The van der Waals surface area contributed by atoms with E-state index in [1.54, 1.807) is 12.3 Å². The van der Waals surface area contributed by atoms with Gasteiger partial charge >= 0.3 is 0 Å². The zero-order valence-corrected chi connectivity index (χ0v) is 14.0. The predicted octanol–water partition coefficient (Wildman–Crippen LogP) is 2.82. The minimum Gasteiger partial charge on any atom is -0.364 e. The van der Waals surface area contributed by atoms with Gasteiger partial charge in [-0.25, -0.2) is 4.99 Å². The van der Waals surface area contributed by atoms with E-state index in [-0.39, 0.29) is 0 Å². The smallest absolute Gasteiger partial charge is 0.192 e. The molecule has 2 aromatic rings.